The molecule has 3 atom stereocenters. The molecule has 0 spiro atoms. The van der Waals surface area contributed by atoms with Gasteiger partial charge in [-0.3, -0.25) is 14.6 Å². The first kappa shape index (κ1) is 22.6. The molecule has 0 radical (unpaired) electrons. The van der Waals surface area contributed by atoms with E-state index < -0.39 is 0 Å². The number of rotatable bonds is 4. The number of hydrogen-bond donors (Lipinski definition) is 1. The first-order chi connectivity index (χ1) is 16.6. The zero-order valence-corrected chi connectivity index (χ0v) is 19.4. The first-order valence-corrected chi connectivity index (χ1v) is 12.3. The van der Waals surface area contributed by atoms with E-state index in [0.717, 1.165) is 16.7 Å². The molecule has 2 amide bonds. The van der Waals surface area contributed by atoms with E-state index in [4.69, 9.17) is 0 Å². The number of piperazine rings is 1. The number of hydrogen-bond acceptors (Lipinski definition) is 4. The van der Waals surface area contributed by atoms with Crippen LogP contribution in [0.15, 0.2) is 48.8 Å². The molecule has 1 saturated carbocycles. The molecule has 6 nitrogen and oxygen atoms in total. The van der Waals surface area contributed by atoms with Crippen LogP contribution in [0, 0.1) is 17.8 Å². The molecule has 3 fully saturated rings. The van der Waals surface area contributed by atoms with Crippen LogP contribution in [0.4, 0.5) is 0 Å². The SMILES string of the molecule is O=C(Cc1cccnc1)N1CC(=O)N2[C@@H](CO)[C@@H](c3ccc(C#CC4CCCCC4)cc3)[C@@H]2C1. The molecule has 1 aromatic carbocycles. The van der Waals surface area contributed by atoms with Crippen LogP contribution in [-0.2, 0) is 16.0 Å². The van der Waals surface area contributed by atoms with Crippen molar-refractivity contribution in [2.75, 3.05) is 19.7 Å². The number of carbonyl (C=O) groups is 2. The molecule has 2 aromatic rings. The lowest BCUT2D eigenvalue weighted by Crippen LogP contribution is -2.73. The van der Waals surface area contributed by atoms with Crippen LogP contribution >= 0.6 is 0 Å². The first-order valence-electron chi connectivity index (χ1n) is 12.3. The number of pyridine rings is 1. The fourth-order valence-corrected chi connectivity index (χ4v) is 5.70. The van der Waals surface area contributed by atoms with E-state index in [1.807, 2.05) is 24.3 Å². The average Bonchev–Trinajstić information content (AvgIpc) is 2.86. The zero-order chi connectivity index (χ0) is 23.5. The predicted octanol–water partition coefficient (Wildman–Crippen LogP) is 2.75. The second-order valence-electron chi connectivity index (χ2n) is 9.68. The maximum Gasteiger partial charge on any atom is 0.242 e. The quantitative estimate of drug-likeness (QED) is 0.717. The fraction of sp³-hybridized carbons (Fsp3) is 0.464. The van der Waals surface area contributed by atoms with E-state index in [1.165, 1.54) is 32.1 Å². The summed E-state index contributed by atoms with van der Waals surface area (Å²) in [5.41, 5.74) is 2.92. The molecule has 2 aliphatic heterocycles. The van der Waals surface area contributed by atoms with Gasteiger partial charge in [0.2, 0.25) is 11.8 Å². The summed E-state index contributed by atoms with van der Waals surface area (Å²) in [5.74, 6) is 7.11. The number of amides is 2. The number of nitrogens with zero attached hydrogens (tertiary/aromatic N) is 3. The molecule has 0 bridgehead atoms. The Morgan fingerprint density at radius 1 is 1.12 bits per heavy atom. The van der Waals surface area contributed by atoms with Crippen molar-refractivity contribution in [3.05, 3.63) is 65.5 Å². The number of aliphatic hydroxyl groups is 1. The van der Waals surface area contributed by atoms with Crippen LogP contribution in [0.5, 0.6) is 0 Å². The molecular weight excluding hydrogens is 426 g/mol. The minimum absolute atomic E-state index is 0.00305. The van der Waals surface area contributed by atoms with Gasteiger partial charge in [0.25, 0.3) is 0 Å². The Labute approximate surface area is 201 Å². The highest BCUT2D eigenvalue weighted by molar-refractivity contribution is 5.88. The van der Waals surface area contributed by atoms with Crippen molar-refractivity contribution in [3.63, 3.8) is 0 Å². The standard InChI is InChI=1S/C28H31N3O3/c32-19-25-28(23-12-10-21(11-13-23)9-8-20-5-2-1-3-6-20)24-17-30(18-27(34)31(24)25)26(33)15-22-7-4-14-29-16-22/h4,7,10-14,16,20,24-25,28,32H,1-3,5-6,15,17-19H2/t24-,25-,28-/m0/s1. The Morgan fingerprint density at radius 2 is 1.91 bits per heavy atom. The Morgan fingerprint density at radius 3 is 2.62 bits per heavy atom. The second-order valence-corrected chi connectivity index (χ2v) is 9.68. The number of carbonyl (C=O) groups excluding carboxylic acids is 2. The third kappa shape index (κ3) is 4.58. The Kier molecular flexibility index (Phi) is 6.64. The van der Waals surface area contributed by atoms with E-state index in [9.17, 15) is 14.7 Å². The third-order valence-corrected chi connectivity index (χ3v) is 7.50. The van der Waals surface area contributed by atoms with Crippen LogP contribution in [0.1, 0.15) is 54.7 Å². The highest BCUT2D eigenvalue weighted by Crippen LogP contribution is 2.43. The molecule has 2 saturated heterocycles. The number of aliphatic hydroxyl groups excluding tert-OH is 1. The van der Waals surface area contributed by atoms with Gasteiger partial charge in [-0.25, -0.2) is 0 Å². The van der Waals surface area contributed by atoms with Crippen LogP contribution < -0.4 is 0 Å². The van der Waals surface area contributed by atoms with Gasteiger partial charge < -0.3 is 14.9 Å². The van der Waals surface area contributed by atoms with Gasteiger partial charge in [0.05, 0.1) is 31.7 Å². The summed E-state index contributed by atoms with van der Waals surface area (Å²) in [6.45, 7) is 0.462. The molecule has 1 N–H and O–H groups in total. The molecule has 176 valence electrons. The Bertz CT molecular complexity index is 1080. The van der Waals surface area contributed by atoms with Gasteiger partial charge >= 0.3 is 0 Å². The van der Waals surface area contributed by atoms with Gasteiger partial charge in [0.15, 0.2) is 0 Å². The van der Waals surface area contributed by atoms with Gasteiger partial charge in [0, 0.05) is 36.3 Å². The van der Waals surface area contributed by atoms with Crippen LogP contribution in [0.3, 0.4) is 0 Å². The fourth-order valence-electron chi connectivity index (χ4n) is 5.70. The molecule has 34 heavy (non-hydrogen) atoms. The number of aromatic nitrogens is 1. The molecule has 3 heterocycles. The monoisotopic (exact) mass is 457 g/mol. The van der Waals surface area contributed by atoms with Crippen molar-refractivity contribution in [3.8, 4) is 11.8 Å². The summed E-state index contributed by atoms with van der Waals surface area (Å²) < 4.78 is 0. The van der Waals surface area contributed by atoms with E-state index >= 15 is 0 Å². The molecular formula is C28H31N3O3. The summed E-state index contributed by atoms with van der Waals surface area (Å²) in [4.78, 5) is 33.2. The van der Waals surface area contributed by atoms with Gasteiger partial charge in [-0.1, -0.05) is 49.3 Å². The van der Waals surface area contributed by atoms with Gasteiger partial charge in [-0.15, -0.1) is 0 Å². The largest absolute Gasteiger partial charge is 0.394 e. The van der Waals surface area contributed by atoms with Crippen molar-refractivity contribution < 1.29 is 14.7 Å². The molecule has 3 aliphatic rings. The van der Waals surface area contributed by atoms with Crippen LogP contribution in [0.2, 0.25) is 0 Å². The van der Waals surface area contributed by atoms with Crippen molar-refractivity contribution in [2.24, 2.45) is 5.92 Å². The van der Waals surface area contributed by atoms with E-state index in [-0.39, 0.29) is 49.4 Å². The summed E-state index contributed by atoms with van der Waals surface area (Å²) in [6.07, 6.45) is 9.88. The van der Waals surface area contributed by atoms with Crippen molar-refractivity contribution in [2.45, 2.75) is 56.5 Å². The molecule has 1 aromatic heterocycles. The van der Waals surface area contributed by atoms with Gasteiger partial charge in [-0.2, -0.15) is 0 Å². The maximum absolute atomic E-state index is 12.9. The van der Waals surface area contributed by atoms with Gasteiger partial charge in [0.1, 0.15) is 0 Å². The summed E-state index contributed by atoms with van der Waals surface area (Å²) >= 11 is 0. The highest BCUT2D eigenvalue weighted by Gasteiger charge is 2.54. The maximum atomic E-state index is 12.9. The number of benzene rings is 1. The minimum atomic E-state index is -0.243. The van der Waals surface area contributed by atoms with Crippen molar-refractivity contribution >= 4 is 11.8 Å². The van der Waals surface area contributed by atoms with Crippen LogP contribution in [-0.4, -0.2) is 63.5 Å². The lowest BCUT2D eigenvalue weighted by Gasteiger charge is -2.58. The van der Waals surface area contributed by atoms with Crippen molar-refractivity contribution in [1.82, 2.24) is 14.8 Å². The topological polar surface area (TPSA) is 73.7 Å². The molecule has 1 aliphatic carbocycles. The Balaban J connectivity index is 1.28. The van der Waals surface area contributed by atoms with Gasteiger partial charge in [-0.05, 0) is 42.2 Å². The molecule has 6 heteroatoms. The highest BCUT2D eigenvalue weighted by atomic mass is 16.3. The zero-order valence-electron chi connectivity index (χ0n) is 19.4. The minimum Gasteiger partial charge on any atom is -0.394 e. The number of fused-ring (bicyclic) bond motifs is 1. The normalized spacial score (nSPS) is 24.6. The lowest BCUT2D eigenvalue weighted by atomic mass is 9.73. The smallest absolute Gasteiger partial charge is 0.242 e. The van der Waals surface area contributed by atoms with E-state index in [0.29, 0.717) is 12.5 Å². The summed E-state index contributed by atoms with van der Waals surface area (Å²) in [5, 5.41) is 10.0. The third-order valence-electron chi connectivity index (χ3n) is 7.50. The Hall–Kier alpha value is -3.17. The van der Waals surface area contributed by atoms with E-state index in [1.54, 1.807) is 22.2 Å². The molecule has 5 rings (SSSR count). The summed E-state index contributed by atoms with van der Waals surface area (Å²) in [6, 6.07) is 11.5. The van der Waals surface area contributed by atoms with Crippen molar-refractivity contribution in [1.29, 1.82) is 0 Å². The van der Waals surface area contributed by atoms with E-state index in [2.05, 4.69) is 29.0 Å². The average molecular weight is 458 g/mol. The predicted molar refractivity (Wildman–Crippen MR) is 129 cm³/mol. The summed E-state index contributed by atoms with van der Waals surface area (Å²) in [7, 11) is 0. The molecule has 0 unspecified atom stereocenters. The van der Waals surface area contributed by atoms with Crippen LogP contribution in [0.25, 0.3) is 0 Å². The second kappa shape index (κ2) is 9.99. The lowest BCUT2D eigenvalue weighted by molar-refractivity contribution is -0.166.